The molecule has 0 fully saturated rings. The highest BCUT2D eigenvalue weighted by Gasteiger charge is 2.22. The number of hydrogen-bond acceptors (Lipinski definition) is 6. The summed E-state index contributed by atoms with van der Waals surface area (Å²) in [4.78, 5) is 12.9. The first kappa shape index (κ1) is 20.2. The zero-order chi connectivity index (χ0) is 20.3. The first-order valence-electron chi connectivity index (χ1n) is 7.98. The predicted octanol–water partition coefficient (Wildman–Crippen LogP) is 4.50. The quantitative estimate of drug-likeness (QED) is 0.613. The highest BCUT2D eigenvalue weighted by atomic mass is 35.5. The van der Waals surface area contributed by atoms with Gasteiger partial charge in [0.1, 0.15) is 15.7 Å². The van der Waals surface area contributed by atoms with Crippen LogP contribution in [-0.2, 0) is 9.84 Å². The molecule has 9 heteroatoms. The van der Waals surface area contributed by atoms with Crippen molar-refractivity contribution in [3.05, 3.63) is 64.5 Å². The lowest BCUT2D eigenvalue weighted by molar-refractivity contribution is 0.103. The molecular formula is C19H16ClNO5S2. The van der Waals surface area contributed by atoms with E-state index in [0.29, 0.717) is 22.2 Å². The number of hydrogen-bond donors (Lipinski definition) is 1. The second-order valence-electron chi connectivity index (χ2n) is 5.63. The Balaban J connectivity index is 1.84. The molecule has 0 aliphatic carbocycles. The number of methoxy groups -OCH3 is 2. The summed E-state index contributed by atoms with van der Waals surface area (Å²) in [5.74, 6) is 0.608. The number of thiophene rings is 1. The van der Waals surface area contributed by atoms with Gasteiger partial charge >= 0.3 is 0 Å². The van der Waals surface area contributed by atoms with Crippen LogP contribution in [0.25, 0.3) is 0 Å². The summed E-state index contributed by atoms with van der Waals surface area (Å²) in [5.41, 5.74) is 0.469. The zero-order valence-corrected chi connectivity index (χ0v) is 17.3. The van der Waals surface area contributed by atoms with Crippen molar-refractivity contribution < 1.29 is 22.7 Å². The fourth-order valence-corrected chi connectivity index (χ4v) is 5.12. The minimum Gasteiger partial charge on any atom is -0.497 e. The molecule has 146 valence electrons. The molecule has 0 saturated heterocycles. The molecule has 0 aliphatic rings. The number of anilines is 1. The molecule has 0 unspecified atom stereocenters. The fourth-order valence-electron chi connectivity index (χ4n) is 2.39. The van der Waals surface area contributed by atoms with E-state index in [1.807, 2.05) is 0 Å². The lowest BCUT2D eigenvalue weighted by Crippen LogP contribution is -2.10. The third-order valence-electron chi connectivity index (χ3n) is 3.80. The average molecular weight is 438 g/mol. The summed E-state index contributed by atoms with van der Waals surface area (Å²) in [5, 5.41) is 3.16. The van der Waals surface area contributed by atoms with Crippen molar-refractivity contribution in [3.63, 3.8) is 0 Å². The van der Waals surface area contributed by atoms with Crippen LogP contribution < -0.4 is 14.8 Å². The Morgan fingerprint density at radius 2 is 1.57 bits per heavy atom. The van der Waals surface area contributed by atoms with Crippen LogP contribution in [0.5, 0.6) is 11.5 Å². The predicted molar refractivity (Wildman–Crippen MR) is 109 cm³/mol. The van der Waals surface area contributed by atoms with Crippen LogP contribution in [0.15, 0.2) is 63.7 Å². The third kappa shape index (κ3) is 4.30. The van der Waals surface area contributed by atoms with Crippen LogP contribution >= 0.6 is 22.9 Å². The average Bonchev–Trinajstić information content (AvgIpc) is 3.19. The van der Waals surface area contributed by atoms with Gasteiger partial charge in [-0.2, -0.15) is 0 Å². The maximum atomic E-state index is 12.7. The number of carbonyl (C=O) groups is 1. The van der Waals surface area contributed by atoms with Crippen molar-refractivity contribution in [2.75, 3.05) is 19.5 Å². The molecule has 0 bridgehead atoms. The van der Waals surface area contributed by atoms with Crippen molar-refractivity contribution in [1.82, 2.24) is 0 Å². The van der Waals surface area contributed by atoms with Gasteiger partial charge in [0.2, 0.25) is 9.84 Å². The molecule has 1 aromatic heterocycles. The van der Waals surface area contributed by atoms with E-state index in [1.54, 1.807) is 18.2 Å². The van der Waals surface area contributed by atoms with Crippen LogP contribution in [0.3, 0.4) is 0 Å². The second-order valence-corrected chi connectivity index (χ2v) is 9.33. The smallest absolute Gasteiger partial charge is 0.265 e. The van der Waals surface area contributed by atoms with Crippen LogP contribution in [0.4, 0.5) is 5.69 Å². The topological polar surface area (TPSA) is 81.7 Å². The van der Waals surface area contributed by atoms with E-state index >= 15 is 0 Å². The highest BCUT2D eigenvalue weighted by Crippen LogP contribution is 2.30. The number of nitrogens with one attached hydrogen (secondary N) is 1. The second kappa shape index (κ2) is 8.22. The van der Waals surface area contributed by atoms with Crippen LogP contribution in [0.1, 0.15) is 9.67 Å². The summed E-state index contributed by atoms with van der Waals surface area (Å²) in [6.07, 6.45) is 0. The van der Waals surface area contributed by atoms with Crippen LogP contribution in [-0.4, -0.2) is 28.5 Å². The first-order chi connectivity index (χ1) is 13.3. The molecule has 3 rings (SSSR count). The monoisotopic (exact) mass is 437 g/mol. The molecule has 0 spiro atoms. The zero-order valence-electron chi connectivity index (χ0n) is 14.9. The molecule has 1 amide bonds. The molecule has 0 atom stereocenters. The molecule has 0 radical (unpaired) electrons. The number of amides is 1. The Kier molecular flexibility index (Phi) is 5.93. The minimum atomic E-state index is -3.72. The van der Waals surface area contributed by atoms with Crippen molar-refractivity contribution in [1.29, 1.82) is 0 Å². The van der Waals surface area contributed by atoms with E-state index in [4.69, 9.17) is 21.1 Å². The molecule has 3 aromatic rings. The molecule has 28 heavy (non-hydrogen) atoms. The molecule has 1 heterocycles. The summed E-state index contributed by atoms with van der Waals surface area (Å²) >= 11 is 6.70. The highest BCUT2D eigenvalue weighted by molar-refractivity contribution is 7.93. The lowest BCUT2D eigenvalue weighted by Gasteiger charge is -2.09. The summed E-state index contributed by atoms with van der Waals surface area (Å²) in [7, 11) is -0.708. The van der Waals surface area contributed by atoms with E-state index in [1.165, 1.54) is 50.6 Å². The van der Waals surface area contributed by atoms with Gasteiger partial charge in [0.15, 0.2) is 0 Å². The maximum absolute atomic E-state index is 12.7. The number of halogens is 1. The summed E-state index contributed by atoms with van der Waals surface area (Å²) in [6.45, 7) is 0. The Labute approximate surface area is 171 Å². The fraction of sp³-hybridized carbons (Fsp3) is 0.105. The number of sulfone groups is 1. The standard InChI is InChI=1S/C19H16ClNO5S2/c1-25-14-9-13(10-15(11-14)26-2)21-19(22)17-7-8-18(27-17)28(23,24)16-5-3-12(20)4-6-16/h3-11H,1-2H3,(H,21,22). The summed E-state index contributed by atoms with van der Waals surface area (Å²) in [6, 6.07) is 13.7. The number of carbonyl (C=O) groups excluding carboxylic acids is 1. The van der Waals surface area contributed by atoms with Crippen molar-refractivity contribution in [2.24, 2.45) is 0 Å². The first-order valence-corrected chi connectivity index (χ1v) is 10.7. The Morgan fingerprint density at radius 1 is 0.964 bits per heavy atom. The Morgan fingerprint density at radius 3 is 2.14 bits per heavy atom. The number of rotatable bonds is 6. The van der Waals surface area contributed by atoms with Gasteiger partial charge in [0.05, 0.1) is 24.0 Å². The summed E-state index contributed by atoms with van der Waals surface area (Å²) < 4.78 is 35.8. The molecule has 6 nitrogen and oxygen atoms in total. The van der Waals surface area contributed by atoms with Crippen molar-refractivity contribution in [2.45, 2.75) is 9.10 Å². The maximum Gasteiger partial charge on any atom is 0.265 e. The van der Waals surface area contributed by atoms with Gasteiger partial charge in [-0.15, -0.1) is 11.3 Å². The van der Waals surface area contributed by atoms with E-state index in [2.05, 4.69) is 5.32 Å². The lowest BCUT2D eigenvalue weighted by atomic mass is 10.2. The minimum absolute atomic E-state index is 0.0724. The van der Waals surface area contributed by atoms with E-state index in [-0.39, 0.29) is 14.0 Å². The molecular weight excluding hydrogens is 422 g/mol. The number of ether oxygens (including phenoxy) is 2. The van der Waals surface area contributed by atoms with E-state index in [9.17, 15) is 13.2 Å². The number of benzene rings is 2. The Hall–Kier alpha value is -2.55. The van der Waals surface area contributed by atoms with Gasteiger partial charge in [0.25, 0.3) is 5.91 Å². The molecule has 2 aromatic carbocycles. The third-order valence-corrected chi connectivity index (χ3v) is 7.40. The Bertz CT molecular complexity index is 1090. The van der Waals surface area contributed by atoms with Gasteiger partial charge in [0, 0.05) is 28.9 Å². The SMILES string of the molecule is COc1cc(NC(=O)c2ccc(S(=O)(=O)c3ccc(Cl)cc3)s2)cc(OC)c1. The van der Waals surface area contributed by atoms with Gasteiger partial charge in [-0.1, -0.05) is 11.6 Å². The molecule has 0 saturated carbocycles. The van der Waals surface area contributed by atoms with Crippen LogP contribution in [0.2, 0.25) is 5.02 Å². The molecule has 0 aliphatic heterocycles. The van der Waals surface area contributed by atoms with Gasteiger partial charge in [-0.3, -0.25) is 4.79 Å². The molecule has 1 N–H and O–H groups in total. The normalized spacial score (nSPS) is 11.1. The van der Waals surface area contributed by atoms with E-state index < -0.39 is 15.7 Å². The van der Waals surface area contributed by atoms with Gasteiger partial charge in [-0.25, -0.2) is 8.42 Å². The largest absolute Gasteiger partial charge is 0.497 e. The van der Waals surface area contributed by atoms with E-state index in [0.717, 1.165) is 11.3 Å². The van der Waals surface area contributed by atoms with Crippen molar-refractivity contribution >= 4 is 44.4 Å². The van der Waals surface area contributed by atoms with Crippen molar-refractivity contribution in [3.8, 4) is 11.5 Å². The van der Waals surface area contributed by atoms with Gasteiger partial charge in [-0.05, 0) is 36.4 Å². The van der Waals surface area contributed by atoms with Gasteiger partial charge < -0.3 is 14.8 Å². The van der Waals surface area contributed by atoms with Crippen LogP contribution in [0, 0.1) is 0 Å².